The first-order valence-corrected chi connectivity index (χ1v) is 4.84. The average Bonchev–Trinajstić information content (AvgIpc) is 2.00. The van der Waals surface area contributed by atoms with E-state index in [1.807, 2.05) is 20.8 Å². The van der Waals surface area contributed by atoms with E-state index in [-0.39, 0.29) is 11.4 Å². The van der Waals surface area contributed by atoms with E-state index in [0.717, 1.165) is 5.56 Å². The summed E-state index contributed by atoms with van der Waals surface area (Å²) in [6.45, 7) is 6.29. The van der Waals surface area contributed by atoms with Crippen molar-refractivity contribution < 1.29 is 9.13 Å². The molecule has 1 nitrogen and oxygen atoms in total. The number of benzene rings is 1. The molecule has 1 rings (SSSR count). The number of hydrogen-bond donors (Lipinski definition) is 0. The lowest BCUT2D eigenvalue weighted by atomic mass is 10.2. The molecule has 0 unspecified atom stereocenters. The van der Waals surface area contributed by atoms with Crippen molar-refractivity contribution in [3.05, 3.63) is 34.6 Å². The quantitative estimate of drug-likeness (QED) is 0.731. The average molecular weight is 217 g/mol. The number of halogens is 2. The maximum absolute atomic E-state index is 12.7. The van der Waals surface area contributed by atoms with E-state index in [2.05, 4.69) is 0 Å². The second kappa shape index (κ2) is 4.28. The molecule has 0 spiro atoms. The highest BCUT2D eigenvalue weighted by atomic mass is 35.5. The monoisotopic (exact) mass is 216 g/mol. The fourth-order valence-electron chi connectivity index (χ4n) is 0.933. The van der Waals surface area contributed by atoms with E-state index < -0.39 is 0 Å². The zero-order valence-corrected chi connectivity index (χ0v) is 9.36. The summed E-state index contributed by atoms with van der Waals surface area (Å²) in [6.07, 6.45) is 0. The minimum absolute atomic E-state index is 0.211. The molecule has 14 heavy (non-hydrogen) atoms. The topological polar surface area (TPSA) is 9.23 Å². The Labute approximate surface area is 88.8 Å². The van der Waals surface area contributed by atoms with Crippen molar-refractivity contribution >= 4 is 11.6 Å². The molecule has 0 heterocycles. The van der Waals surface area contributed by atoms with Gasteiger partial charge in [0.25, 0.3) is 0 Å². The van der Waals surface area contributed by atoms with Crippen LogP contribution < -0.4 is 0 Å². The molecule has 0 saturated carbocycles. The Bertz CT molecular complexity index is 318. The second-order valence-corrected chi connectivity index (χ2v) is 4.54. The summed E-state index contributed by atoms with van der Waals surface area (Å²) in [7, 11) is 0. The van der Waals surface area contributed by atoms with Crippen molar-refractivity contribution in [1.82, 2.24) is 0 Å². The summed E-state index contributed by atoms with van der Waals surface area (Å²) >= 11 is 5.84. The van der Waals surface area contributed by atoms with E-state index in [0.29, 0.717) is 11.6 Å². The third kappa shape index (κ3) is 3.64. The van der Waals surface area contributed by atoms with Gasteiger partial charge in [-0.25, -0.2) is 4.39 Å². The first-order valence-electron chi connectivity index (χ1n) is 4.46. The molecule has 0 aliphatic heterocycles. The van der Waals surface area contributed by atoms with Gasteiger partial charge in [0.1, 0.15) is 5.82 Å². The van der Waals surface area contributed by atoms with Crippen LogP contribution in [0.1, 0.15) is 26.3 Å². The van der Waals surface area contributed by atoms with Crippen molar-refractivity contribution in [3.63, 3.8) is 0 Å². The molecule has 0 saturated heterocycles. The molecule has 78 valence electrons. The van der Waals surface area contributed by atoms with Gasteiger partial charge in [-0.2, -0.15) is 0 Å². The van der Waals surface area contributed by atoms with Crippen LogP contribution in [0.5, 0.6) is 0 Å². The first kappa shape index (κ1) is 11.5. The van der Waals surface area contributed by atoms with Gasteiger partial charge in [-0.15, -0.1) is 0 Å². The number of rotatable bonds is 2. The lowest BCUT2D eigenvalue weighted by Crippen LogP contribution is -2.18. The van der Waals surface area contributed by atoms with Crippen LogP contribution in [0, 0.1) is 5.82 Å². The lowest BCUT2D eigenvalue weighted by molar-refractivity contribution is -0.0149. The van der Waals surface area contributed by atoms with Crippen molar-refractivity contribution in [2.75, 3.05) is 0 Å². The minimum atomic E-state index is -0.325. The van der Waals surface area contributed by atoms with Crippen LogP contribution >= 0.6 is 11.6 Å². The van der Waals surface area contributed by atoms with E-state index in [1.165, 1.54) is 12.1 Å². The Hall–Kier alpha value is -0.600. The summed E-state index contributed by atoms with van der Waals surface area (Å²) in [5, 5.41) is 0.411. The fourth-order valence-corrected chi connectivity index (χ4v) is 1.15. The molecule has 0 aliphatic rings. The third-order valence-electron chi connectivity index (χ3n) is 1.68. The molecular weight excluding hydrogens is 203 g/mol. The highest BCUT2D eigenvalue weighted by Gasteiger charge is 2.11. The van der Waals surface area contributed by atoms with Crippen molar-refractivity contribution in [1.29, 1.82) is 0 Å². The summed E-state index contributed by atoms with van der Waals surface area (Å²) in [5.41, 5.74) is 0.598. The molecule has 0 amide bonds. The van der Waals surface area contributed by atoms with Gasteiger partial charge in [0.15, 0.2) is 0 Å². The molecule has 1 aromatic rings. The highest BCUT2D eigenvalue weighted by Crippen LogP contribution is 2.20. The maximum Gasteiger partial charge on any atom is 0.124 e. The largest absolute Gasteiger partial charge is 0.371 e. The molecule has 3 heteroatoms. The zero-order valence-electron chi connectivity index (χ0n) is 8.60. The standard InChI is InChI=1S/C11H14ClFO/c1-11(2,3)14-7-8-4-5-9(13)6-10(8)12/h4-6H,7H2,1-3H3. The van der Waals surface area contributed by atoms with Crippen LogP contribution in [0.3, 0.4) is 0 Å². The van der Waals surface area contributed by atoms with Crippen LogP contribution in [0.4, 0.5) is 4.39 Å². The fraction of sp³-hybridized carbons (Fsp3) is 0.455. The molecule has 0 aliphatic carbocycles. The Kier molecular flexibility index (Phi) is 3.51. The predicted molar refractivity (Wildman–Crippen MR) is 56.0 cm³/mol. The molecule has 0 radical (unpaired) electrons. The van der Waals surface area contributed by atoms with E-state index in [4.69, 9.17) is 16.3 Å². The number of ether oxygens (including phenoxy) is 1. The summed E-state index contributed by atoms with van der Waals surface area (Å²) in [5.74, 6) is -0.325. The van der Waals surface area contributed by atoms with Crippen molar-refractivity contribution in [2.24, 2.45) is 0 Å². The van der Waals surface area contributed by atoms with Crippen molar-refractivity contribution in [2.45, 2.75) is 33.0 Å². The lowest BCUT2D eigenvalue weighted by Gasteiger charge is -2.19. The smallest absolute Gasteiger partial charge is 0.124 e. The molecule has 0 N–H and O–H groups in total. The predicted octanol–water partition coefficient (Wildman–Crippen LogP) is 3.79. The second-order valence-electron chi connectivity index (χ2n) is 4.14. The Morgan fingerprint density at radius 2 is 2.00 bits per heavy atom. The van der Waals surface area contributed by atoms with E-state index >= 15 is 0 Å². The molecule has 0 bridgehead atoms. The van der Waals surface area contributed by atoms with Gasteiger partial charge in [-0.05, 0) is 38.5 Å². The van der Waals surface area contributed by atoms with Gasteiger partial charge in [0.2, 0.25) is 0 Å². The normalized spacial score (nSPS) is 11.8. The Morgan fingerprint density at radius 3 is 2.50 bits per heavy atom. The summed E-state index contributed by atoms with van der Waals surface area (Å²) in [6, 6.07) is 4.32. The molecule has 0 aromatic heterocycles. The molecule has 0 atom stereocenters. The third-order valence-corrected chi connectivity index (χ3v) is 2.03. The molecular formula is C11H14ClFO. The Morgan fingerprint density at radius 1 is 1.36 bits per heavy atom. The molecule has 1 aromatic carbocycles. The van der Waals surface area contributed by atoms with Crippen LogP contribution in [-0.4, -0.2) is 5.60 Å². The number of hydrogen-bond acceptors (Lipinski definition) is 1. The van der Waals surface area contributed by atoms with E-state index in [9.17, 15) is 4.39 Å². The maximum atomic E-state index is 12.7. The first-order chi connectivity index (χ1) is 6.38. The van der Waals surface area contributed by atoms with Gasteiger partial charge in [0, 0.05) is 5.02 Å². The highest BCUT2D eigenvalue weighted by molar-refractivity contribution is 6.31. The zero-order chi connectivity index (χ0) is 10.8. The van der Waals surface area contributed by atoms with Gasteiger partial charge < -0.3 is 4.74 Å². The van der Waals surface area contributed by atoms with Gasteiger partial charge in [-0.3, -0.25) is 0 Å². The SMILES string of the molecule is CC(C)(C)OCc1ccc(F)cc1Cl. The van der Waals surface area contributed by atoms with Crippen LogP contribution in [0.2, 0.25) is 5.02 Å². The summed E-state index contributed by atoms with van der Waals surface area (Å²) in [4.78, 5) is 0. The molecule has 0 fully saturated rings. The minimum Gasteiger partial charge on any atom is -0.371 e. The summed E-state index contributed by atoms with van der Waals surface area (Å²) < 4.78 is 18.2. The van der Waals surface area contributed by atoms with Crippen LogP contribution in [0.15, 0.2) is 18.2 Å². The van der Waals surface area contributed by atoms with Crippen molar-refractivity contribution in [3.8, 4) is 0 Å². The van der Waals surface area contributed by atoms with Gasteiger partial charge >= 0.3 is 0 Å². The van der Waals surface area contributed by atoms with E-state index in [1.54, 1.807) is 6.07 Å². The van der Waals surface area contributed by atoms with Crippen LogP contribution in [-0.2, 0) is 11.3 Å². The van der Waals surface area contributed by atoms with Crippen LogP contribution in [0.25, 0.3) is 0 Å². The van der Waals surface area contributed by atoms with Gasteiger partial charge in [-0.1, -0.05) is 17.7 Å². The Balaban J connectivity index is 2.68. The van der Waals surface area contributed by atoms with Gasteiger partial charge in [0.05, 0.1) is 12.2 Å².